The second-order valence-electron chi connectivity index (χ2n) is 5.19. The Kier molecular flexibility index (Phi) is 3.72. The number of rotatable bonds is 3. The van der Waals surface area contributed by atoms with Gasteiger partial charge in [0, 0.05) is 0 Å². The summed E-state index contributed by atoms with van der Waals surface area (Å²) in [6, 6.07) is 7.91. The molecule has 0 aliphatic heterocycles. The van der Waals surface area contributed by atoms with Gasteiger partial charge in [-0.25, -0.2) is 0 Å². The second kappa shape index (κ2) is 5.09. The van der Waals surface area contributed by atoms with Gasteiger partial charge in [-0.05, 0) is 49.8 Å². The lowest BCUT2D eigenvalue weighted by Crippen LogP contribution is -2.31. The summed E-state index contributed by atoms with van der Waals surface area (Å²) >= 11 is 0. The molecule has 1 aromatic carbocycles. The molecule has 94 valence electrons. The highest BCUT2D eigenvalue weighted by Crippen LogP contribution is 2.40. The highest BCUT2D eigenvalue weighted by molar-refractivity contribution is 5.31. The monoisotopic (exact) mass is 234 g/mol. The van der Waals surface area contributed by atoms with Crippen molar-refractivity contribution < 1.29 is 9.84 Å². The lowest BCUT2D eigenvalue weighted by Gasteiger charge is -2.36. The lowest BCUT2D eigenvalue weighted by atomic mass is 9.75. The van der Waals surface area contributed by atoms with E-state index in [0.29, 0.717) is 12.5 Å². The van der Waals surface area contributed by atoms with E-state index in [1.54, 1.807) is 0 Å². The van der Waals surface area contributed by atoms with Gasteiger partial charge in [0.2, 0.25) is 0 Å². The molecule has 0 spiro atoms. The van der Waals surface area contributed by atoms with Gasteiger partial charge >= 0.3 is 0 Å². The maximum absolute atomic E-state index is 10.7. The van der Waals surface area contributed by atoms with Gasteiger partial charge in [0.15, 0.2) is 0 Å². The van der Waals surface area contributed by atoms with E-state index in [-0.39, 0.29) is 0 Å². The molecule has 1 aliphatic rings. The average molecular weight is 234 g/mol. The summed E-state index contributed by atoms with van der Waals surface area (Å²) in [5.41, 5.74) is 0.412. The Labute approximate surface area is 104 Å². The summed E-state index contributed by atoms with van der Waals surface area (Å²) in [5.74, 6) is 1.49. The van der Waals surface area contributed by atoms with Crippen molar-refractivity contribution in [2.75, 3.05) is 6.61 Å². The number of hydrogen-bond acceptors (Lipinski definition) is 2. The zero-order valence-electron chi connectivity index (χ0n) is 10.8. The predicted octanol–water partition coefficient (Wildman–Crippen LogP) is 3.48. The largest absolute Gasteiger partial charge is 0.494 e. The predicted molar refractivity (Wildman–Crippen MR) is 69.1 cm³/mol. The van der Waals surface area contributed by atoms with Crippen molar-refractivity contribution in [3.05, 3.63) is 29.8 Å². The topological polar surface area (TPSA) is 29.5 Å². The van der Waals surface area contributed by atoms with E-state index in [1.165, 1.54) is 6.42 Å². The van der Waals surface area contributed by atoms with E-state index in [2.05, 4.69) is 6.92 Å². The SMILES string of the molecule is CCOc1ccc(C2(O)CCCC(C)C2)cc1. The Balaban J connectivity index is 2.15. The molecular formula is C15H22O2. The van der Waals surface area contributed by atoms with Gasteiger partial charge in [0.1, 0.15) is 5.75 Å². The van der Waals surface area contributed by atoms with Crippen LogP contribution in [0, 0.1) is 5.92 Å². The highest BCUT2D eigenvalue weighted by atomic mass is 16.5. The first kappa shape index (κ1) is 12.4. The van der Waals surface area contributed by atoms with Gasteiger partial charge < -0.3 is 9.84 Å². The van der Waals surface area contributed by atoms with Crippen LogP contribution in [0.25, 0.3) is 0 Å². The van der Waals surface area contributed by atoms with Crippen molar-refractivity contribution in [3.63, 3.8) is 0 Å². The third-order valence-corrected chi connectivity index (χ3v) is 3.68. The number of hydrogen-bond donors (Lipinski definition) is 1. The quantitative estimate of drug-likeness (QED) is 0.867. The Hall–Kier alpha value is -1.02. The molecule has 0 aromatic heterocycles. The Morgan fingerprint density at radius 2 is 2.06 bits per heavy atom. The minimum Gasteiger partial charge on any atom is -0.494 e. The molecule has 2 unspecified atom stereocenters. The van der Waals surface area contributed by atoms with Gasteiger partial charge in [-0.3, -0.25) is 0 Å². The van der Waals surface area contributed by atoms with Crippen molar-refractivity contribution in [3.8, 4) is 5.75 Å². The molecule has 2 rings (SSSR count). The first-order chi connectivity index (χ1) is 8.14. The minimum absolute atomic E-state index is 0.611. The van der Waals surface area contributed by atoms with Crippen LogP contribution in [0.15, 0.2) is 24.3 Å². The van der Waals surface area contributed by atoms with Crippen LogP contribution in [0.3, 0.4) is 0 Å². The third kappa shape index (κ3) is 2.81. The van der Waals surface area contributed by atoms with Gasteiger partial charge in [0.05, 0.1) is 12.2 Å². The molecule has 0 amide bonds. The summed E-state index contributed by atoms with van der Waals surface area (Å²) in [7, 11) is 0. The molecule has 1 aliphatic carbocycles. The normalized spacial score (nSPS) is 29.0. The smallest absolute Gasteiger partial charge is 0.119 e. The van der Waals surface area contributed by atoms with Crippen LogP contribution in [-0.2, 0) is 5.60 Å². The molecule has 1 saturated carbocycles. The van der Waals surface area contributed by atoms with E-state index in [4.69, 9.17) is 4.74 Å². The van der Waals surface area contributed by atoms with Crippen LogP contribution >= 0.6 is 0 Å². The van der Waals surface area contributed by atoms with Gasteiger partial charge in [0.25, 0.3) is 0 Å². The summed E-state index contributed by atoms with van der Waals surface area (Å²) in [6.45, 7) is 4.88. The van der Waals surface area contributed by atoms with Crippen LogP contribution in [0.1, 0.15) is 45.1 Å². The van der Waals surface area contributed by atoms with Crippen LogP contribution in [0.5, 0.6) is 5.75 Å². The molecule has 2 nitrogen and oxygen atoms in total. The fourth-order valence-corrected chi connectivity index (χ4v) is 2.81. The number of benzene rings is 1. The molecule has 0 saturated heterocycles. The van der Waals surface area contributed by atoms with Gasteiger partial charge in [-0.1, -0.05) is 25.5 Å². The lowest BCUT2D eigenvalue weighted by molar-refractivity contribution is -0.0179. The second-order valence-corrected chi connectivity index (χ2v) is 5.19. The molecule has 17 heavy (non-hydrogen) atoms. The van der Waals surface area contributed by atoms with Gasteiger partial charge in [-0.2, -0.15) is 0 Å². The molecule has 0 radical (unpaired) electrons. The highest BCUT2D eigenvalue weighted by Gasteiger charge is 2.34. The summed E-state index contributed by atoms with van der Waals surface area (Å²) < 4.78 is 5.42. The zero-order chi connectivity index (χ0) is 12.3. The summed E-state index contributed by atoms with van der Waals surface area (Å²) in [5, 5.41) is 10.7. The third-order valence-electron chi connectivity index (χ3n) is 3.68. The average Bonchev–Trinajstić information content (AvgIpc) is 2.30. The summed E-state index contributed by atoms with van der Waals surface area (Å²) in [4.78, 5) is 0. The molecule has 0 heterocycles. The Morgan fingerprint density at radius 3 is 2.65 bits per heavy atom. The van der Waals surface area contributed by atoms with Crippen molar-refractivity contribution in [1.82, 2.24) is 0 Å². The van der Waals surface area contributed by atoms with E-state index < -0.39 is 5.60 Å². The molecule has 1 aromatic rings. The first-order valence-corrected chi connectivity index (χ1v) is 6.60. The molecule has 0 bridgehead atoms. The van der Waals surface area contributed by atoms with Crippen molar-refractivity contribution >= 4 is 0 Å². The zero-order valence-corrected chi connectivity index (χ0v) is 10.8. The Bertz CT molecular complexity index is 358. The molecule has 2 atom stereocenters. The number of aliphatic hydroxyl groups is 1. The van der Waals surface area contributed by atoms with Crippen LogP contribution < -0.4 is 4.74 Å². The van der Waals surface area contributed by atoms with Crippen LogP contribution in [0.4, 0.5) is 0 Å². The fraction of sp³-hybridized carbons (Fsp3) is 0.600. The molecule has 2 heteroatoms. The molecule has 1 N–H and O–H groups in total. The van der Waals surface area contributed by atoms with Gasteiger partial charge in [-0.15, -0.1) is 0 Å². The van der Waals surface area contributed by atoms with Crippen LogP contribution in [0.2, 0.25) is 0 Å². The van der Waals surface area contributed by atoms with Crippen molar-refractivity contribution in [2.45, 2.75) is 45.1 Å². The number of ether oxygens (including phenoxy) is 1. The maximum atomic E-state index is 10.7. The first-order valence-electron chi connectivity index (χ1n) is 6.60. The Morgan fingerprint density at radius 1 is 1.35 bits per heavy atom. The fourth-order valence-electron chi connectivity index (χ4n) is 2.81. The van der Waals surface area contributed by atoms with Crippen molar-refractivity contribution in [1.29, 1.82) is 0 Å². The summed E-state index contributed by atoms with van der Waals surface area (Å²) in [6.07, 6.45) is 4.11. The molecule has 1 fully saturated rings. The minimum atomic E-state index is -0.623. The standard InChI is InChI=1S/C15H22O2/c1-3-17-14-8-6-13(7-9-14)15(16)10-4-5-12(2)11-15/h6-9,12,16H,3-5,10-11H2,1-2H3. The van der Waals surface area contributed by atoms with E-state index in [9.17, 15) is 5.11 Å². The van der Waals surface area contributed by atoms with E-state index >= 15 is 0 Å². The molecular weight excluding hydrogens is 212 g/mol. The maximum Gasteiger partial charge on any atom is 0.119 e. The van der Waals surface area contributed by atoms with Crippen molar-refractivity contribution in [2.24, 2.45) is 5.92 Å². The van der Waals surface area contributed by atoms with E-state index in [0.717, 1.165) is 30.6 Å². The van der Waals surface area contributed by atoms with E-state index in [1.807, 2.05) is 31.2 Å². The van der Waals surface area contributed by atoms with Crippen LogP contribution in [-0.4, -0.2) is 11.7 Å².